The number of aromatic nitrogens is 1. The molecular formula is C13H21N3. The summed E-state index contributed by atoms with van der Waals surface area (Å²) in [5, 5.41) is 3.56. The molecule has 0 saturated carbocycles. The highest BCUT2D eigenvalue weighted by Gasteiger charge is 2.30. The topological polar surface area (TPSA) is 28.2 Å². The molecule has 1 N–H and O–H groups in total. The van der Waals surface area contributed by atoms with Gasteiger partial charge in [-0.25, -0.2) is 0 Å². The van der Waals surface area contributed by atoms with Crippen molar-refractivity contribution in [3.8, 4) is 0 Å². The smallest absolute Gasteiger partial charge is 0.0556 e. The molecule has 0 bridgehead atoms. The maximum absolute atomic E-state index is 4.37. The van der Waals surface area contributed by atoms with Gasteiger partial charge < -0.3 is 10.2 Å². The predicted octanol–water partition coefficient (Wildman–Crippen LogP) is 1.97. The van der Waals surface area contributed by atoms with Crippen molar-refractivity contribution in [1.82, 2.24) is 10.3 Å². The van der Waals surface area contributed by atoms with Crippen LogP contribution in [0.3, 0.4) is 0 Å². The van der Waals surface area contributed by atoms with E-state index in [9.17, 15) is 0 Å². The molecule has 1 aromatic heterocycles. The number of nitrogens with one attached hydrogen (secondary N) is 1. The number of hydrogen-bond donors (Lipinski definition) is 1. The third-order valence-electron chi connectivity index (χ3n) is 3.20. The van der Waals surface area contributed by atoms with Crippen LogP contribution in [-0.2, 0) is 0 Å². The molecule has 1 fully saturated rings. The Morgan fingerprint density at radius 2 is 2.19 bits per heavy atom. The van der Waals surface area contributed by atoms with E-state index in [0.29, 0.717) is 6.04 Å². The minimum Gasteiger partial charge on any atom is -0.364 e. The van der Waals surface area contributed by atoms with Gasteiger partial charge in [0.25, 0.3) is 0 Å². The zero-order valence-corrected chi connectivity index (χ0v) is 10.6. The second-order valence-electron chi connectivity index (χ2n) is 5.40. The molecule has 2 heterocycles. The van der Waals surface area contributed by atoms with Crippen molar-refractivity contribution in [2.45, 2.75) is 39.3 Å². The Labute approximate surface area is 97.9 Å². The van der Waals surface area contributed by atoms with Gasteiger partial charge in [0.15, 0.2) is 0 Å². The number of aryl methyl sites for hydroxylation is 1. The van der Waals surface area contributed by atoms with Gasteiger partial charge in [-0.3, -0.25) is 4.98 Å². The van der Waals surface area contributed by atoms with Gasteiger partial charge in [0, 0.05) is 30.4 Å². The van der Waals surface area contributed by atoms with E-state index in [0.717, 1.165) is 18.8 Å². The number of pyridine rings is 1. The van der Waals surface area contributed by atoms with Gasteiger partial charge in [0.1, 0.15) is 0 Å². The summed E-state index contributed by atoms with van der Waals surface area (Å²) < 4.78 is 0. The highest BCUT2D eigenvalue weighted by Crippen LogP contribution is 2.22. The normalized spacial score (nSPS) is 24.5. The Bertz CT molecular complexity index is 356. The molecule has 1 saturated heterocycles. The molecule has 88 valence electrons. The zero-order chi connectivity index (χ0) is 11.8. The molecular weight excluding hydrogens is 198 g/mol. The molecule has 3 nitrogen and oxygen atoms in total. The first-order valence-electron chi connectivity index (χ1n) is 5.92. The fraction of sp³-hybridized carbons (Fsp3) is 0.615. The third kappa shape index (κ3) is 2.35. The number of anilines is 1. The van der Waals surface area contributed by atoms with Gasteiger partial charge in [-0.1, -0.05) is 0 Å². The summed E-state index contributed by atoms with van der Waals surface area (Å²) in [4.78, 5) is 6.81. The van der Waals surface area contributed by atoms with Crippen molar-refractivity contribution in [3.05, 3.63) is 24.0 Å². The maximum Gasteiger partial charge on any atom is 0.0556 e. The Hall–Kier alpha value is -1.09. The van der Waals surface area contributed by atoms with Crippen molar-refractivity contribution in [3.63, 3.8) is 0 Å². The molecule has 0 spiro atoms. The van der Waals surface area contributed by atoms with Crippen LogP contribution in [0.4, 0.5) is 5.69 Å². The standard InChI is InChI=1S/C13H21N3/c1-10-5-6-12(8-14-10)16-9-13(3,4)15-7-11(16)2/h5-6,8,11,15H,7,9H2,1-4H3. The number of piperazine rings is 1. The fourth-order valence-electron chi connectivity index (χ4n) is 2.15. The summed E-state index contributed by atoms with van der Waals surface area (Å²) in [6.45, 7) is 10.8. The summed E-state index contributed by atoms with van der Waals surface area (Å²) in [6.07, 6.45) is 1.98. The SMILES string of the molecule is Cc1ccc(N2CC(C)(C)NCC2C)cn1. The second kappa shape index (κ2) is 4.06. The Kier molecular flexibility index (Phi) is 2.89. The quantitative estimate of drug-likeness (QED) is 0.782. The van der Waals surface area contributed by atoms with Crippen LogP contribution in [0.5, 0.6) is 0 Å². The first-order chi connectivity index (χ1) is 7.48. The Balaban J connectivity index is 2.21. The molecule has 0 aliphatic carbocycles. The third-order valence-corrected chi connectivity index (χ3v) is 3.20. The highest BCUT2D eigenvalue weighted by molar-refractivity contribution is 5.46. The van der Waals surface area contributed by atoms with Crippen molar-refractivity contribution in [2.75, 3.05) is 18.0 Å². The Morgan fingerprint density at radius 1 is 1.44 bits per heavy atom. The monoisotopic (exact) mass is 219 g/mol. The van der Waals surface area contributed by atoms with E-state index in [1.165, 1.54) is 5.69 Å². The summed E-state index contributed by atoms with van der Waals surface area (Å²) in [6, 6.07) is 4.77. The molecule has 1 aromatic rings. The van der Waals surface area contributed by atoms with Crippen LogP contribution in [0, 0.1) is 6.92 Å². The van der Waals surface area contributed by atoms with Gasteiger partial charge in [0.2, 0.25) is 0 Å². The lowest BCUT2D eigenvalue weighted by atomic mass is 9.99. The fourth-order valence-corrected chi connectivity index (χ4v) is 2.15. The molecule has 1 aliphatic rings. The average Bonchev–Trinajstić information content (AvgIpc) is 2.23. The van der Waals surface area contributed by atoms with Gasteiger partial charge in [0.05, 0.1) is 11.9 Å². The van der Waals surface area contributed by atoms with Crippen molar-refractivity contribution < 1.29 is 0 Å². The van der Waals surface area contributed by atoms with Gasteiger partial charge in [-0.15, -0.1) is 0 Å². The predicted molar refractivity (Wildman–Crippen MR) is 67.9 cm³/mol. The van der Waals surface area contributed by atoms with E-state index < -0.39 is 0 Å². The van der Waals surface area contributed by atoms with Crippen LogP contribution in [0.15, 0.2) is 18.3 Å². The lowest BCUT2D eigenvalue weighted by Gasteiger charge is -2.44. The summed E-state index contributed by atoms with van der Waals surface area (Å²) >= 11 is 0. The molecule has 1 atom stereocenters. The van der Waals surface area contributed by atoms with E-state index in [2.05, 4.69) is 48.1 Å². The maximum atomic E-state index is 4.37. The van der Waals surface area contributed by atoms with Crippen LogP contribution >= 0.6 is 0 Å². The van der Waals surface area contributed by atoms with E-state index in [4.69, 9.17) is 0 Å². The van der Waals surface area contributed by atoms with E-state index in [1.54, 1.807) is 0 Å². The van der Waals surface area contributed by atoms with Crippen LogP contribution in [0.2, 0.25) is 0 Å². The average molecular weight is 219 g/mol. The molecule has 16 heavy (non-hydrogen) atoms. The first-order valence-corrected chi connectivity index (χ1v) is 5.92. The molecule has 0 amide bonds. The highest BCUT2D eigenvalue weighted by atomic mass is 15.2. The molecule has 3 heteroatoms. The second-order valence-corrected chi connectivity index (χ2v) is 5.40. The lowest BCUT2D eigenvalue weighted by molar-refractivity contribution is 0.318. The zero-order valence-electron chi connectivity index (χ0n) is 10.6. The van der Waals surface area contributed by atoms with E-state index in [-0.39, 0.29) is 5.54 Å². The largest absolute Gasteiger partial charge is 0.364 e. The minimum absolute atomic E-state index is 0.178. The summed E-state index contributed by atoms with van der Waals surface area (Å²) in [5.41, 5.74) is 2.48. The lowest BCUT2D eigenvalue weighted by Crippen LogP contribution is -2.61. The number of nitrogens with zero attached hydrogens (tertiary/aromatic N) is 2. The molecule has 1 aliphatic heterocycles. The number of rotatable bonds is 1. The van der Waals surface area contributed by atoms with Crippen molar-refractivity contribution >= 4 is 5.69 Å². The molecule has 0 radical (unpaired) electrons. The molecule has 0 aromatic carbocycles. The first kappa shape index (κ1) is 11.4. The van der Waals surface area contributed by atoms with Crippen LogP contribution in [0.25, 0.3) is 0 Å². The van der Waals surface area contributed by atoms with E-state index in [1.807, 2.05) is 13.1 Å². The minimum atomic E-state index is 0.178. The van der Waals surface area contributed by atoms with Crippen molar-refractivity contribution in [1.29, 1.82) is 0 Å². The summed E-state index contributed by atoms with van der Waals surface area (Å²) in [5.74, 6) is 0. The Morgan fingerprint density at radius 3 is 2.81 bits per heavy atom. The van der Waals surface area contributed by atoms with Crippen LogP contribution < -0.4 is 10.2 Å². The van der Waals surface area contributed by atoms with Crippen LogP contribution in [0.1, 0.15) is 26.5 Å². The van der Waals surface area contributed by atoms with Gasteiger partial charge in [-0.05, 0) is 39.8 Å². The molecule has 1 unspecified atom stereocenters. The summed E-state index contributed by atoms with van der Waals surface area (Å²) in [7, 11) is 0. The van der Waals surface area contributed by atoms with E-state index >= 15 is 0 Å². The van der Waals surface area contributed by atoms with Crippen molar-refractivity contribution in [2.24, 2.45) is 0 Å². The van der Waals surface area contributed by atoms with Gasteiger partial charge in [-0.2, -0.15) is 0 Å². The number of hydrogen-bond acceptors (Lipinski definition) is 3. The van der Waals surface area contributed by atoms with Gasteiger partial charge >= 0.3 is 0 Å². The van der Waals surface area contributed by atoms with Crippen LogP contribution in [-0.4, -0.2) is 29.7 Å². The molecule has 2 rings (SSSR count).